The van der Waals surface area contributed by atoms with Crippen LogP contribution in [0.15, 0.2) is 30.5 Å². The Bertz CT molecular complexity index is 740. The van der Waals surface area contributed by atoms with Crippen molar-refractivity contribution in [3.05, 3.63) is 36.0 Å². The quantitative estimate of drug-likeness (QED) is 0.903. The van der Waals surface area contributed by atoms with Crippen LogP contribution in [0.25, 0.3) is 10.9 Å². The van der Waals surface area contributed by atoms with Crippen LogP contribution in [0.2, 0.25) is 0 Å². The van der Waals surface area contributed by atoms with Gasteiger partial charge in [-0.1, -0.05) is 18.2 Å². The summed E-state index contributed by atoms with van der Waals surface area (Å²) in [5.74, 6) is 0.0984. The van der Waals surface area contributed by atoms with Crippen molar-refractivity contribution in [2.45, 2.75) is 43.8 Å². The number of para-hydroxylation sites is 1. The molecule has 2 saturated heterocycles. The van der Waals surface area contributed by atoms with Crippen molar-refractivity contribution in [3.63, 3.8) is 0 Å². The van der Waals surface area contributed by atoms with Gasteiger partial charge in [-0.2, -0.15) is 0 Å². The van der Waals surface area contributed by atoms with E-state index < -0.39 is 6.04 Å². The molecule has 2 aromatic rings. The number of carbonyl (C=O) groups is 1. The highest BCUT2D eigenvalue weighted by Crippen LogP contribution is 2.29. The van der Waals surface area contributed by atoms with Crippen molar-refractivity contribution in [2.24, 2.45) is 5.73 Å². The molecule has 2 aliphatic rings. The van der Waals surface area contributed by atoms with E-state index in [0.29, 0.717) is 18.5 Å². The predicted octanol–water partition coefficient (Wildman–Crippen LogP) is 1.73. The lowest BCUT2D eigenvalue weighted by molar-refractivity contribution is -0.132. The number of H-pyrrole nitrogens is 1. The summed E-state index contributed by atoms with van der Waals surface area (Å²) < 4.78 is 0. The normalized spacial score (nSPS) is 25.8. The molecule has 4 rings (SSSR count). The number of amides is 1. The van der Waals surface area contributed by atoms with Crippen molar-refractivity contribution < 1.29 is 4.79 Å². The fourth-order valence-electron chi connectivity index (χ4n) is 4.37. The number of aromatic amines is 1. The molecular formula is C19H26N4O. The number of carbonyl (C=O) groups excluding carboxylic acids is 1. The van der Waals surface area contributed by atoms with Crippen LogP contribution in [0.1, 0.15) is 24.8 Å². The van der Waals surface area contributed by atoms with Gasteiger partial charge >= 0.3 is 0 Å². The van der Waals surface area contributed by atoms with Crippen LogP contribution >= 0.6 is 0 Å². The number of likely N-dealkylation sites (N-methyl/N-ethyl adjacent to an activating group) is 1. The minimum absolute atomic E-state index is 0.0984. The molecule has 0 saturated carbocycles. The molecule has 128 valence electrons. The zero-order chi connectivity index (χ0) is 16.7. The van der Waals surface area contributed by atoms with Crippen LogP contribution in [0.3, 0.4) is 0 Å². The Hall–Kier alpha value is -1.85. The Labute approximate surface area is 142 Å². The molecule has 2 bridgehead atoms. The average Bonchev–Trinajstić information content (AvgIpc) is 3.08. The monoisotopic (exact) mass is 326 g/mol. The maximum Gasteiger partial charge on any atom is 0.239 e. The Kier molecular flexibility index (Phi) is 4.06. The third-order valence-corrected chi connectivity index (χ3v) is 5.89. The Morgan fingerprint density at radius 3 is 2.96 bits per heavy atom. The smallest absolute Gasteiger partial charge is 0.239 e. The molecule has 0 radical (unpaired) electrons. The summed E-state index contributed by atoms with van der Waals surface area (Å²) >= 11 is 0. The van der Waals surface area contributed by atoms with Gasteiger partial charge in [-0.05, 0) is 44.4 Å². The number of aromatic nitrogens is 1. The maximum atomic E-state index is 12.9. The van der Waals surface area contributed by atoms with Crippen molar-refractivity contribution >= 4 is 16.8 Å². The number of hydrogen-bond acceptors (Lipinski definition) is 3. The summed E-state index contributed by atoms with van der Waals surface area (Å²) in [5.41, 5.74) is 8.52. The lowest BCUT2D eigenvalue weighted by Crippen LogP contribution is -2.48. The number of nitrogens with zero attached hydrogens (tertiary/aromatic N) is 2. The van der Waals surface area contributed by atoms with Gasteiger partial charge in [0.2, 0.25) is 5.91 Å². The van der Waals surface area contributed by atoms with E-state index in [0.717, 1.165) is 36.0 Å². The van der Waals surface area contributed by atoms with E-state index in [4.69, 9.17) is 5.73 Å². The Morgan fingerprint density at radius 1 is 1.29 bits per heavy atom. The third kappa shape index (κ3) is 2.72. The van der Waals surface area contributed by atoms with Crippen molar-refractivity contribution in [3.8, 4) is 0 Å². The predicted molar refractivity (Wildman–Crippen MR) is 95.7 cm³/mol. The Morgan fingerprint density at radius 2 is 2.08 bits per heavy atom. The second kappa shape index (κ2) is 6.22. The summed E-state index contributed by atoms with van der Waals surface area (Å²) in [6.45, 7) is 1.67. The lowest BCUT2D eigenvalue weighted by Gasteiger charge is -2.28. The van der Waals surface area contributed by atoms with Gasteiger partial charge in [-0.3, -0.25) is 9.69 Å². The van der Waals surface area contributed by atoms with E-state index in [9.17, 15) is 4.79 Å². The van der Waals surface area contributed by atoms with Crippen LogP contribution in [-0.4, -0.2) is 59.0 Å². The van der Waals surface area contributed by atoms with E-state index in [1.54, 1.807) is 0 Å². The zero-order valence-corrected chi connectivity index (χ0v) is 14.2. The molecule has 0 aliphatic carbocycles. The van der Waals surface area contributed by atoms with Crippen LogP contribution in [0.5, 0.6) is 0 Å². The van der Waals surface area contributed by atoms with Gasteiger partial charge in [0.15, 0.2) is 0 Å². The van der Waals surface area contributed by atoms with Crippen molar-refractivity contribution in [1.82, 2.24) is 14.8 Å². The topological polar surface area (TPSA) is 65.4 Å². The van der Waals surface area contributed by atoms with Gasteiger partial charge in [-0.15, -0.1) is 0 Å². The molecule has 5 nitrogen and oxygen atoms in total. The zero-order valence-electron chi connectivity index (χ0n) is 14.2. The molecule has 2 fully saturated rings. The van der Waals surface area contributed by atoms with Crippen molar-refractivity contribution in [1.29, 1.82) is 0 Å². The van der Waals surface area contributed by atoms with Gasteiger partial charge < -0.3 is 15.6 Å². The number of nitrogens with two attached hydrogens (primary N) is 1. The van der Waals surface area contributed by atoms with Gasteiger partial charge in [0.05, 0.1) is 6.04 Å². The average molecular weight is 326 g/mol. The highest BCUT2D eigenvalue weighted by molar-refractivity contribution is 5.86. The van der Waals surface area contributed by atoms with Gasteiger partial charge in [-0.25, -0.2) is 0 Å². The third-order valence-electron chi connectivity index (χ3n) is 5.89. The van der Waals surface area contributed by atoms with E-state index in [2.05, 4.69) is 23.0 Å². The van der Waals surface area contributed by atoms with Crippen LogP contribution in [0.4, 0.5) is 0 Å². The van der Waals surface area contributed by atoms with Crippen LogP contribution in [0, 0.1) is 0 Å². The highest BCUT2D eigenvalue weighted by atomic mass is 16.2. The minimum atomic E-state index is -0.467. The largest absolute Gasteiger partial charge is 0.361 e. The number of likely N-dealkylation sites (tertiary alicyclic amines) is 1. The summed E-state index contributed by atoms with van der Waals surface area (Å²) in [7, 11) is 2.20. The number of rotatable bonds is 3. The van der Waals surface area contributed by atoms with E-state index >= 15 is 0 Å². The molecule has 3 heterocycles. The van der Waals surface area contributed by atoms with Crippen LogP contribution < -0.4 is 5.73 Å². The fraction of sp³-hybridized carbons (Fsp3) is 0.526. The fourth-order valence-corrected chi connectivity index (χ4v) is 4.37. The highest BCUT2D eigenvalue weighted by Gasteiger charge is 2.36. The SMILES string of the molecule is CN1C2CCC1CN(C(=O)[C@@H](N)Cc1c[nH]c3ccccc13)CC2. The minimum Gasteiger partial charge on any atom is -0.361 e. The first kappa shape index (κ1) is 15.7. The molecule has 1 amide bonds. The summed E-state index contributed by atoms with van der Waals surface area (Å²) in [6.07, 6.45) is 6.10. The first-order chi connectivity index (χ1) is 11.6. The second-order valence-electron chi connectivity index (χ2n) is 7.29. The van der Waals surface area contributed by atoms with E-state index in [-0.39, 0.29) is 5.91 Å². The number of fused-ring (bicyclic) bond motifs is 3. The first-order valence-electron chi connectivity index (χ1n) is 8.95. The molecular weight excluding hydrogens is 300 g/mol. The van der Waals surface area contributed by atoms with Gasteiger partial charge in [0.1, 0.15) is 0 Å². The number of hydrogen-bond donors (Lipinski definition) is 2. The molecule has 1 aromatic carbocycles. The summed E-state index contributed by atoms with van der Waals surface area (Å²) in [6, 6.07) is 8.84. The molecule has 2 aliphatic heterocycles. The van der Waals surface area contributed by atoms with Gasteiger partial charge in [0.25, 0.3) is 0 Å². The first-order valence-corrected chi connectivity index (χ1v) is 8.95. The number of benzene rings is 1. The molecule has 3 atom stereocenters. The molecule has 3 N–H and O–H groups in total. The van der Waals surface area contributed by atoms with Gasteiger partial charge in [0, 0.05) is 42.3 Å². The van der Waals surface area contributed by atoms with E-state index in [1.165, 1.54) is 12.8 Å². The number of nitrogens with one attached hydrogen (secondary N) is 1. The molecule has 1 aromatic heterocycles. The van der Waals surface area contributed by atoms with E-state index in [1.807, 2.05) is 29.3 Å². The molecule has 0 spiro atoms. The van der Waals surface area contributed by atoms with Crippen LogP contribution in [-0.2, 0) is 11.2 Å². The standard InChI is InChI=1S/C19H26N4O/c1-22-14-6-7-15(22)12-23(9-8-14)19(24)17(20)10-13-11-21-18-5-3-2-4-16(13)18/h2-5,11,14-15,17,21H,6-10,12,20H2,1H3/t14?,15?,17-/m0/s1. The Balaban J connectivity index is 1.46. The summed E-state index contributed by atoms with van der Waals surface area (Å²) in [5, 5.41) is 1.16. The summed E-state index contributed by atoms with van der Waals surface area (Å²) in [4.78, 5) is 20.6. The molecule has 5 heteroatoms. The molecule has 2 unspecified atom stereocenters. The second-order valence-corrected chi connectivity index (χ2v) is 7.29. The lowest BCUT2D eigenvalue weighted by atomic mass is 10.0. The molecule has 24 heavy (non-hydrogen) atoms. The van der Waals surface area contributed by atoms with Crippen molar-refractivity contribution in [2.75, 3.05) is 20.1 Å². The maximum absolute atomic E-state index is 12.9.